The van der Waals surface area contributed by atoms with Crippen LogP contribution >= 0.6 is 0 Å². The van der Waals surface area contributed by atoms with Crippen LogP contribution < -0.4 is 0 Å². The van der Waals surface area contributed by atoms with E-state index in [1.54, 1.807) is 13.3 Å². The summed E-state index contributed by atoms with van der Waals surface area (Å²) < 4.78 is 0. The van der Waals surface area contributed by atoms with E-state index in [0.29, 0.717) is 12.3 Å². The molecule has 0 saturated heterocycles. The molecule has 1 atom stereocenters. The zero-order valence-corrected chi connectivity index (χ0v) is 8.36. The van der Waals surface area contributed by atoms with Gasteiger partial charge in [0.25, 0.3) is 0 Å². The molecule has 13 heavy (non-hydrogen) atoms. The Kier molecular flexibility index (Phi) is 3.37. The summed E-state index contributed by atoms with van der Waals surface area (Å²) in [6.45, 7) is 5.94. The van der Waals surface area contributed by atoms with Crippen LogP contribution in [0.1, 0.15) is 38.1 Å². The molecule has 0 saturated carbocycles. The number of aliphatic hydroxyl groups excluding tert-OH is 1. The second-order valence-corrected chi connectivity index (χ2v) is 3.64. The Morgan fingerprint density at radius 2 is 2.00 bits per heavy atom. The summed E-state index contributed by atoms with van der Waals surface area (Å²) in [4.78, 5) is 8.24. The van der Waals surface area contributed by atoms with E-state index in [4.69, 9.17) is 0 Å². The lowest BCUT2D eigenvalue weighted by Gasteiger charge is -2.07. The van der Waals surface area contributed by atoms with Crippen molar-refractivity contribution < 1.29 is 5.11 Å². The fourth-order valence-electron chi connectivity index (χ4n) is 1.14. The molecule has 0 aliphatic carbocycles. The van der Waals surface area contributed by atoms with Crippen molar-refractivity contribution in [2.24, 2.45) is 0 Å². The molecule has 0 aromatic carbocycles. The van der Waals surface area contributed by atoms with Gasteiger partial charge in [-0.15, -0.1) is 0 Å². The molecule has 3 nitrogen and oxygen atoms in total. The van der Waals surface area contributed by atoms with Gasteiger partial charge >= 0.3 is 0 Å². The van der Waals surface area contributed by atoms with Gasteiger partial charge < -0.3 is 5.11 Å². The minimum atomic E-state index is -0.338. The van der Waals surface area contributed by atoms with Crippen LogP contribution in [0.3, 0.4) is 0 Å². The van der Waals surface area contributed by atoms with E-state index in [2.05, 4.69) is 23.8 Å². The summed E-state index contributed by atoms with van der Waals surface area (Å²) in [5.74, 6) is 0.413. The Balaban J connectivity index is 2.79. The van der Waals surface area contributed by atoms with Crippen LogP contribution in [-0.2, 0) is 6.42 Å². The first kappa shape index (κ1) is 10.1. The lowest BCUT2D eigenvalue weighted by atomic mass is 10.1. The summed E-state index contributed by atoms with van der Waals surface area (Å²) in [5.41, 5.74) is 1.94. The zero-order valence-electron chi connectivity index (χ0n) is 8.36. The number of aromatic nitrogens is 2. The molecule has 1 N–H and O–H groups in total. The van der Waals surface area contributed by atoms with Crippen molar-refractivity contribution in [3.05, 3.63) is 23.8 Å². The molecule has 0 fully saturated rings. The quantitative estimate of drug-likeness (QED) is 0.767. The first-order valence-electron chi connectivity index (χ1n) is 4.58. The molecular formula is C10H16N2O. The maximum absolute atomic E-state index is 9.17. The molecule has 0 bridgehead atoms. The van der Waals surface area contributed by atoms with Crippen molar-refractivity contribution in [3.63, 3.8) is 0 Å². The highest BCUT2D eigenvalue weighted by atomic mass is 16.3. The van der Waals surface area contributed by atoms with Crippen molar-refractivity contribution in [3.8, 4) is 0 Å². The van der Waals surface area contributed by atoms with Crippen LogP contribution in [0, 0.1) is 0 Å². The summed E-state index contributed by atoms with van der Waals surface area (Å²) in [6, 6.07) is 1.96. The molecule has 0 aliphatic rings. The van der Waals surface area contributed by atoms with E-state index in [1.807, 2.05) is 6.07 Å². The monoisotopic (exact) mass is 180 g/mol. The van der Waals surface area contributed by atoms with E-state index < -0.39 is 0 Å². The molecular weight excluding hydrogens is 164 g/mol. The van der Waals surface area contributed by atoms with Gasteiger partial charge in [0.1, 0.15) is 6.33 Å². The molecule has 0 amide bonds. The number of nitrogens with zero attached hydrogens (tertiary/aromatic N) is 2. The normalized spacial score (nSPS) is 13.3. The first-order valence-corrected chi connectivity index (χ1v) is 4.58. The average molecular weight is 180 g/mol. The van der Waals surface area contributed by atoms with Gasteiger partial charge in [-0.05, 0) is 18.9 Å². The predicted octanol–water partition coefficient (Wildman–Crippen LogP) is 1.52. The number of hydrogen-bond acceptors (Lipinski definition) is 3. The number of rotatable bonds is 3. The Labute approximate surface area is 78.9 Å². The Hall–Kier alpha value is -0.960. The van der Waals surface area contributed by atoms with Crippen molar-refractivity contribution in [2.45, 2.75) is 39.2 Å². The Bertz CT molecular complexity index is 271. The molecule has 1 aromatic heterocycles. The maximum Gasteiger partial charge on any atom is 0.115 e. The summed E-state index contributed by atoms with van der Waals surface area (Å²) in [5, 5.41) is 9.17. The van der Waals surface area contributed by atoms with Gasteiger partial charge in [0, 0.05) is 17.8 Å². The highest BCUT2D eigenvalue weighted by molar-refractivity contribution is 5.11. The minimum Gasteiger partial charge on any atom is -0.393 e. The molecule has 0 spiro atoms. The van der Waals surface area contributed by atoms with Crippen molar-refractivity contribution in [1.29, 1.82) is 0 Å². The van der Waals surface area contributed by atoms with Crippen LogP contribution in [0.15, 0.2) is 12.4 Å². The van der Waals surface area contributed by atoms with Gasteiger partial charge in [-0.25, -0.2) is 9.97 Å². The van der Waals surface area contributed by atoms with Crippen LogP contribution in [0.2, 0.25) is 0 Å². The van der Waals surface area contributed by atoms with Gasteiger partial charge in [0.15, 0.2) is 0 Å². The predicted molar refractivity (Wildman–Crippen MR) is 51.5 cm³/mol. The molecule has 72 valence electrons. The van der Waals surface area contributed by atoms with E-state index in [9.17, 15) is 5.11 Å². The lowest BCUT2D eigenvalue weighted by Crippen LogP contribution is -2.07. The molecule has 1 unspecified atom stereocenters. The van der Waals surface area contributed by atoms with Gasteiger partial charge in [0.2, 0.25) is 0 Å². The molecule has 1 aromatic rings. The van der Waals surface area contributed by atoms with Gasteiger partial charge in [-0.3, -0.25) is 0 Å². The molecule has 1 rings (SSSR count). The summed E-state index contributed by atoms with van der Waals surface area (Å²) >= 11 is 0. The van der Waals surface area contributed by atoms with E-state index in [1.165, 1.54) is 0 Å². The van der Waals surface area contributed by atoms with E-state index >= 15 is 0 Å². The Morgan fingerprint density at radius 3 is 2.54 bits per heavy atom. The molecule has 0 aliphatic heterocycles. The van der Waals surface area contributed by atoms with Gasteiger partial charge in [-0.2, -0.15) is 0 Å². The maximum atomic E-state index is 9.17. The number of aliphatic hydroxyl groups is 1. The van der Waals surface area contributed by atoms with Crippen molar-refractivity contribution >= 4 is 0 Å². The van der Waals surface area contributed by atoms with Gasteiger partial charge in [-0.1, -0.05) is 13.8 Å². The standard InChI is InChI=1S/C10H16N2O/c1-7(2)10-5-9(4-8(3)13)11-6-12-10/h5-8,13H,4H2,1-3H3. The topological polar surface area (TPSA) is 46.0 Å². The fraction of sp³-hybridized carbons (Fsp3) is 0.600. The average Bonchev–Trinajstić information content (AvgIpc) is 2.03. The van der Waals surface area contributed by atoms with Crippen molar-refractivity contribution in [1.82, 2.24) is 9.97 Å². The largest absolute Gasteiger partial charge is 0.393 e. The summed E-state index contributed by atoms with van der Waals surface area (Å²) in [7, 11) is 0. The molecule has 0 radical (unpaired) electrons. The zero-order chi connectivity index (χ0) is 9.84. The fourth-order valence-corrected chi connectivity index (χ4v) is 1.14. The Morgan fingerprint density at radius 1 is 1.31 bits per heavy atom. The summed E-state index contributed by atoms with van der Waals surface area (Å²) in [6.07, 6.45) is 1.82. The highest BCUT2D eigenvalue weighted by Gasteiger charge is 2.04. The third kappa shape index (κ3) is 3.11. The molecule has 1 heterocycles. The third-order valence-electron chi connectivity index (χ3n) is 1.84. The van der Waals surface area contributed by atoms with E-state index in [0.717, 1.165) is 11.4 Å². The highest BCUT2D eigenvalue weighted by Crippen LogP contribution is 2.11. The lowest BCUT2D eigenvalue weighted by molar-refractivity contribution is 0.194. The smallest absolute Gasteiger partial charge is 0.115 e. The van der Waals surface area contributed by atoms with Crippen LogP contribution in [0.5, 0.6) is 0 Å². The third-order valence-corrected chi connectivity index (χ3v) is 1.84. The van der Waals surface area contributed by atoms with Crippen molar-refractivity contribution in [2.75, 3.05) is 0 Å². The van der Waals surface area contributed by atoms with Crippen LogP contribution in [0.4, 0.5) is 0 Å². The number of hydrogen-bond donors (Lipinski definition) is 1. The van der Waals surface area contributed by atoms with E-state index in [-0.39, 0.29) is 6.10 Å². The van der Waals surface area contributed by atoms with Crippen LogP contribution in [0.25, 0.3) is 0 Å². The SMILES string of the molecule is CC(O)Cc1cc(C(C)C)ncn1. The van der Waals surface area contributed by atoms with Crippen LogP contribution in [-0.4, -0.2) is 21.2 Å². The second-order valence-electron chi connectivity index (χ2n) is 3.64. The second kappa shape index (κ2) is 4.33. The van der Waals surface area contributed by atoms with Gasteiger partial charge in [0.05, 0.1) is 6.10 Å². The minimum absolute atomic E-state index is 0.338. The molecule has 3 heteroatoms. The first-order chi connectivity index (χ1) is 6.09.